The van der Waals surface area contributed by atoms with Crippen molar-refractivity contribution in [3.63, 3.8) is 0 Å². The van der Waals surface area contributed by atoms with Gasteiger partial charge in [0.1, 0.15) is 6.07 Å². The van der Waals surface area contributed by atoms with Gasteiger partial charge >= 0.3 is 5.97 Å². The summed E-state index contributed by atoms with van der Waals surface area (Å²) < 4.78 is 32.1. The molecule has 7 heteroatoms. The van der Waals surface area contributed by atoms with Gasteiger partial charge in [-0.1, -0.05) is 19.9 Å². The first-order valence-electron chi connectivity index (χ1n) is 7.95. The molecule has 3 atom stereocenters. The van der Waals surface area contributed by atoms with Crippen LogP contribution in [0, 0.1) is 23.2 Å². The predicted molar refractivity (Wildman–Crippen MR) is 88.6 cm³/mol. The Morgan fingerprint density at radius 2 is 1.96 bits per heavy atom. The van der Waals surface area contributed by atoms with Gasteiger partial charge in [0.2, 0.25) is 10.0 Å². The highest BCUT2D eigenvalue weighted by molar-refractivity contribution is 7.89. The lowest BCUT2D eigenvalue weighted by Crippen LogP contribution is -2.42. The maximum Gasteiger partial charge on any atom is 0.339 e. The lowest BCUT2D eigenvalue weighted by Gasteiger charge is -2.34. The van der Waals surface area contributed by atoms with Gasteiger partial charge in [-0.2, -0.15) is 9.57 Å². The van der Waals surface area contributed by atoms with Crippen molar-refractivity contribution in [2.75, 3.05) is 13.1 Å². The first-order valence-corrected chi connectivity index (χ1v) is 9.39. The van der Waals surface area contributed by atoms with Gasteiger partial charge in [0.15, 0.2) is 6.10 Å². The Hall–Kier alpha value is -1.91. The maximum absolute atomic E-state index is 12.9. The molecule has 1 aromatic carbocycles. The first-order chi connectivity index (χ1) is 11.2. The van der Waals surface area contributed by atoms with Crippen molar-refractivity contribution in [2.24, 2.45) is 11.8 Å². The molecular weight excluding hydrogens is 328 g/mol. The fraction of sp³-hybridized carbons (Fsp3) is 0.529. The number of ether oxygens (including phenoxy) is 1. The molecule has 1 fully saturated rings. The molecule has 0 amide bonds. The summed E-state index contributed by atoms with van der Waals surface area (Å²) in [5, 5.41) is 8.70. The van der Waals surface area contributed by atoms with E-state index in [1.165, 1.54) is 35.5 Å². The third kappa shape index (κ3) is 4.13. The molecule has 1 saturated heterocycles. The Morgan fingerprint density at radius 3 is 2.54 bits per heavy atom. The summed E-state index contributed by atoms with van der Waals surface area (Å²) in [5.74, 6) is -0.109. The van der Waals surface area contributed by atoms with E-state index in [4.69, 9.17) is 10.00 Å². The SMILES string of the molecule is CC1CC(C)CN(S(=O)(=O)c2cccc(C(=O)OC(C)C#N)c2)C1. The van der Waals surface area contributed by atoms with E-state index in [1.807, 2.05) is 13.8 Å². The summed E-state index contributed by atoms with van der Waals surface area (Å²) in [6, 6.07) is 7.58. The zero-order valence-corrected chi connectivity index (χ0v) is 14.9. The van der Waals surface area contributed by atoms with Crippen LogP contribution in [0.3, 0.4) is 0 Å². The van der Waals surface area contributed by atoms with Crippen LogP contribution in [-0.2, 0) is 14.8 Å². The average Bonchev–Trinajstić information content (AvgIpc) is 2.53. The molecule has 0 aromatic heterocycles. The van der Waals surface area contributed by atoms with E-state index in [-0.39, 0.29) is 10.5 Å². The Kier molecular flexibility index (Phi) is 5.62. The number of piperidine rings is 1. The number of carbonyl (C=O) groups is 1. The van der Waals surface area contributed by atoms with Crippen LogP contribution in [0.15, 0.2) is 29.2 Å². The number of rotatable bonds is 4. The number of nitriles is 1. The van der Waals surface area contributed by atoms with E-state index in [1.54, 1.807) is 6.07 Å². The summed E-state index contributed by atoms with van der Waals surface area (Å²) in [6.45, 7) is 6.49. The van der Waals surface area contributed by atoms with Crippen LogP contribution < -0.4 is 0 Å². The molecular formula is C17H22N2O4S. The molecule has 2 rings (SSSR count). The van der Waals surface area contributed by atoms with Gasteiger partial charge in [-0.15, -0.1) is 0 Å². The number of carbonyl (C=O) groups excluding carboxylic acids is 1. The lowest BCUT2D eigenvalue weighted by atomic mass is 9.94. The summed E-state index contributed by atoms with van der Waals surface area (Å²) in [4.78, 5) is 12.1. The highest BCUT2D eigenvalue weighted by Gasteiger charge is 2.32. The molecule has 3 unspecified atom stereocenters. The largest absolute Gasteiger partial charge is 0.444 e. The van der Waals surface area contributed by atoms with Gasteiger partial charge in [0.25, 0.3) is 0 Å². The van der Waals surface area contributed by atoms with E-state index >= 15 is 0 Å². The number of sulfonamides is 1. The van der Waals surface area contributed by atoms with E-state index in [2.05, 4.69) is 0 Å². The molecule has 0 aliphatic carbocycles. The lowest BCUT2D eigenvalue weighted by molar-refractivity contribution is 0.0435. The molecule has 0 N–H and O–H groups in total. The molecule has 0 spiro atoms. The third-order valence-electron chi connectivity index (χ3n) is 4.01. The molecule has 24 heavy (non-hydrogen) atoms. The fourth-order valence-corrected chi connectivity index (χ4v) is 4.72. The van der Waals surface area contributed by atoms with E-state index in [0.29, 0.717) is 24.9 Å². The molecule has 1 aromatic rings. The summed E-state index contributed by atoms with van der Waals surface area (Å²) in [5.41, 5.74) is 0.122. The van der Waals surface area contributed by atoms with Crippen LogP contribution in [0.2, 0.25) is 0 Å². The second-order valence-electron chi connectivity index (χ2n) is 6.47. The van der Waals surface area contributed by atoms with Crippen LogP contribution >= 0.6 is 0 Å². The van der Waals surface area contributed by atoms with Crippen molar-refractivity contribution < 1.29 is 17.9 Å². The Balaban J connectivity index is 2.27. The van der Waals surface area contributed by atoms with Crippen LogP contribution in [0.4, 0.5) is 0 Å². The number of hydrogen-bond acceptors (Lipinski definition) is 5. The number of benzene rings is 1. The molecule has 0 bridgehead atoms. The van der Waals surface area contributed by atoms with Gasteiger partial charge in [0, 0.05) is 13.1 Å². The van der Waals surface area contributed by atoms with Crippen LogP contribution in [-0.4, -0.2) is 37.9 Å². The molecule has 130 valence electrons. The second kappa shape index (κ2) is 7.32. The quantitative estimate of drug-likeness (QED) is 0.778. The molecule has 0 saturated carbocycles. The molecule has 1 heterocycles. The second-order valence-corrected chi connectivity index (χ2v) is 8.41. The van der Waals surface area contributed by atoms with Gasteiger partial charge in [-0.25, -0.2) is 13.2 Å². The minimum atomic E-state index is -3.66. The van der Waals surface area contributed by atoms with Crippen molar-refractivity contribution in [1.29, 1.82) is 5.26 Å². The summed E-state index contributed by atoms with van der Waals surface area (Å²) in [6.07, 6.45) is 0.117. The molecule has 0 radical (unpaired) electrons. The highest BCUT2D eigenvalue weighted by Crippen LogP contribution is 2.27. The number of nitrogens with zero attached hydrogens (tertiary/aromatic N) is 2. The zero-order chi connectivity index (χ0) is 17.9. The van der Waals surface area contributed by atoms with Crippen molar-refractivity contribution >= 4 is 16.0 Å². The molecule has 1 aliphatic heterocycles. The third-order valence-corrected chi connectivity index (χ3v) is 5.84. The zero-order valence-electron chi connectivity index (χ0n) is 14.1. The van der Waals surface area contributed by atoms with Crippen molar-refractivity contribution in [1.82, 2.24) is 4.31 Å². The number of hydrogen-bond donors (Lipinski definition) is 0. The smallest absolute Gasteiger partial charge is 0.339 e. The summed E-state index contributed by atoms with van der Waals surface area (Å²) in [7, 11) is -3.66. The summed E-state index contributed by atoms with van der Waals surface area (Å²) >= 11 is 0. The van der Waals surface area contributed by atoms with Crippen molar-refractivity contribution in [2.45, 2.75) is 38.2 Å². The minimum absolute atomic E-state index is 0.0721. The van der Waals surface area contributed by atoms with Crippen molar-refractivity contribution in [3.8, 4) is 6.07 Å². The highest BCUT2D eigenvalue weighted by atomic mass is 32.2. The molecule has 6 nitrogen and oxygen atoms in total. The monoisotopic (exact) mass is 350 g/mol. The van der Waals surface area contributed by atoms with E-state index < -0.39 is 22.1 Å². The topological polar surface area (TPSA) is 87.5 Å². The Bertz CT molecular complexity index is 744. The average molecular weight is 350 g/mol. The minimum Gasteiger partial charge on any atom is -0.444 e. The first kappa shape index (κ1) is 18.4. The van der Waals surface area contributed by atoms with E-state index in [9.17, 15) is 13.2 Å². The van der Waals surface area contributed by atoms with Crippen LogP contribution in [0.25, 0.3) is 0 Å². The number of esters is 1. The van der Waals surface area contributed by atoms with Crippen LogP contribution in [0.1, 0.15) is 37.6 Å². The fourth-order valence-electron chi connectivity index (χ4n) is 2.99. The Morgan fingerprint density at radius 1 is 1.33 bits per heavy atom. The Labute approximate surface area is 143 Å². The standard InChI is InChI=1S/C17H22N2O4S/c1-12-7-13(2)11-19(10-12)24(21,22)16-6-4-5-15(8-16)17(20)23-14(3)9-18/h4-6,8,12-14H,7,10-11H2,1-3H3. The van der Waals surface area contributed by atoms with E-state index in [0.717, 1.165) is 6.42 Å². The maximum atomic E-state index is 12.9. The van der Waals surface area contributed by atoms with Crippen molar-refractivity contribution in [3.05, 3.63) is 29.8 Å². The van der Waals surface area contributed by atoms with Gasteiger partial charge < -0.3 is 4.74 Å². The predicted octanol–water partition coefficient (Wildman–Crippen LogP) is 2.42. The van der Waals surface area contributed by atoms with Gasteiger partial charge in [0.05, 0.1) is 10.5 Å². The van der Waals surface area contributed by atoms with Crippen LogP contribution in [0.5, 0.6) is 0 Å². The molecule has 1 aliphatic rings. The normalized spacial score (nSPS) is 23.2. The van der Waals surface area contributed by atoms with Gasteiger partial charge in [-0.05, 0) is 43.4 Å². The van der Waals surface area contributed by atoms with Gasteiger partial charge in [-0.3, -0.25) is 0 Å².